The van der Waals surface area contributed by atoms with Crippen molar-refractivity contribution in [3.05, 3.63) is 65.2 Å². The van der Waals surface area contributed by atoms with E-state index in [2.05, 4.69) is 20.2 Å². The fourth-order valence-electron chi connectivity index (χ4n) is 3.36. The molecule has 2 heterocycles. The van der Waals surface area contributed by atoms with E-state index in [1.165, 1.54) is 6.07 Å². The molecule has 32 heavy (non-hydrogen) atoms. The minimum Gasteiger partial charge on any atom is -0.339 e. The molecule has 1 saturated heterocycles. The van der Waals surface area contributed by atoms with Gasteiger partial charge in [-0.2, -0.15) is 8.42 Å². The first-order chi connectivity index (χ1) is 15.3. The van der Waals surface area contributed by atoms with E-state index in [0.717, 1.165) is 29.7 Å². The highest BCUT2D eigenvalue weighted by Gasteiger charge is 2.26. The van der Waals surface area contributed by atoms with Crippen LogP contribution < -0.4 is 10.0 Å². The highest BCUT2D eigenvalue weighted by Crippen LogP contribution is 2.26. The molecule has 2 N–H and O–H groups in total. The second kappa shape index (κ2) is 9.05. The van der Waals surface area contributed by atoms with Gasteiger partial charge in [0.1, 0.15) is 0 Å². The van der Waals surface area contributed by atoms with Crippen molar-refractivity contribution in [3.8, 4) is 0 Å². The van der Waals surface area contributed by atoms with Crippen molar-refractivity contribution in [2.45, 2.75) is 24.1 Å². The monoisotopic (exact) mass is 471 g/mol. The fraction of sp³-hybridized carbons (Fsp3) is 0.238. The third-order valence-corrected chi connectivity index (χ3v) is 7.50. The number of hydrogen-bond donors (Lipinski definition) is 2. The van der Waals surface area contributed by atoms with Gasteiger partial charge in [0.15, 0.2) is 0 Å². The molecule has 0 unspecified atom stereocenters. The zero-order valence-corrected chi connectivity index (χ0v) is 18.9. The number of likely N-dealkylation sites (tertiary alicyclic amines) is 1. The molecule has 1 aliphatic heterocycles. The molecule has 3 aromatic rings. The van der Waals surface area contributed by atoms with Crippen molar-refractivity contribution in [2.75, 3.05) is 23.1 Å². The van der Waals surface area contributed by atoms with Crippen LogP contribution in [0.5, 0.6) is 0 Å². The number of anilines is 2. The minimum atomic E-state index is -4.11. The second-order valence-electron chi connectivity index (χ2n) is 7.35. The Morgan fingerprint density at radius 2 is 1.78 bits per heavy atom. The average Bonchev–Trinajstić information content (AvgIpc) is 3.46. The van der Waals surface area contributed by atoms with Gasteiger partial charge >= 0.3 is 0 Å². The van der Waals surface area contributed by atoms with Crippen LogP contribution in [0, 0.1) is 6.92 Å². The number of nitrogens with one attached hydrogen (secondary N) is 2. The molecule has 1 aromatic heterocycles. The Bertz CT molecular complexity index is 1270. The van der Waals surface area contributed by atoms with Gasteiger partial charge in [-0.15, -0.1) is 10.2 Å². The van der Waals surface area contributed by atoms with Gasteiger partial charge in [-0.1, -0.05) is 41.2 Å². The molecule has 0 atom stereocenters. The van der Waals surface area contributed by atoms with Crippen molar-refractivity contribution < 1.29 is 18.0 Å². The maximum Gasteiger partial charge on any atom is 0.291 e. The van der Waals surface area contributed by atoms with Crippen molar-refractivity contribution in [3.63, 3.8) is 0 Å². The first-order valence-electron chi connectivity index (χ1n) is 9.96. The summed E-state index contributed by atoms with van der Waals surface area (Å²) < 4.78 is 27.9. The minimum absolute atomic E-state index is 0.0540. The van der Waals surface area contributed by atoms with Gasteiger partial charge in [0.25, 0.3) is 26.2 Å². The number of carbonyl (C=O) groups excluding carboxylic acids is 2. The topological polar surface area (TPSA) is 121 Å². The lowest BCUT2D eigenvalue weighted by Gasteiger charge is -2.17. The molecule has 1 aliphatic rings. The van der Waals surface area contributed by atoms with Crippen molar-refractivity contribution >= 4 is 44.0 Å². The van der Waals surface area contributed by atoms with Crippen molar-refractivity contribution in [1.82, 2.24) is 15.1 Å². The van der Waals surface area contributed by atoms with E-state index in [0.29, 0.717) is 18.7 Å². The smallest absolute Gasteiger partial charge is 0.291 e. The molecule has 166 valence electrons. The van der Waals surface area contributed by atoms with Crippen LogP contribution in [0.3, 0.4) is 0 Å². The molecule has 4 rings (SSSR count). The Morgan fingerprint density at radius 3 is 2.53 bits per heavy atom. The molecule has 9 nitrogen and oxygen atoms in total. The molecule has 11 heteroatoms. The summed E-state index contributed by atoms with van der Waals surface area (Å²) in [6.45, 7) is 3.17. The molecule has 0 radical (unpaired) electrons. The highest BCUT2D eigenvalue weighted by molar-refractivity contribution is 7.94. The normalized spacial score (nSPS) is 13.7. The van der Waals surface area contributed by atoms with Gasteiger partial charge in [0.2, 0.25) is 5.13 Å². The second-order valence-corrected chi connectivity index (χ2v) is 10.2. The van der Waals surface area contributed by atoms with E-state index in [1.807, 2.05) is 13.0 Å². The lowest BCUT2D eigenvalue weighted by Crippen LogP contribution is -2.28. The van der Waals surface area contributed by atoms with E-state index in [-0.39, 0.29) is 26.6 Å². The van der Waals surface area contributed by atoms with Crippen LogP contribution in [0.4, 0.5) is 10.8 Å². The predicted molar refractivity (Wildman–Crippen MR) is 121 cm³/mol. The Morgan fingerprint density at radius 1 is 1.03 bits per heavy atom. The number of aromatic nitrogens is 2. The zero-order valence-electron chi connectivity index (χ0n) is 17.2. The number of carbonyl (C=O) groups is 2. The quantitative estimate of drug-likeness (QED) is 0.533. The van der Waals surface area contributed by atoms with Crippen LogP contribution in [0.1, 0.15) is 39.1 Å². The molecular formula is C21H21N5O4S2. The van der Waals surface area contributed by atoms with Gasteiger partial charge in [-0.3, -0.25) is 19.6 Å². The van der Waals surface area contributed by atoms with Crippen LogP contribution in [0.15, 0.2) is 52.9 Å². The average molecular weight is 472 g/mol. The lowest BCUT2D eigenvalue weighted by atomic mass is 10.1. The van der Waals surface area contributed by atoms with Crippen LogP contribution >= 0.6 is 11.3 Å². The van der Waals surface area contributed by atoms with E-state index in [4.69, 9.17) is 0 Å². The number of amides is 2. The number of hydrogen-bond acceptors (Lipinski definition) is 7. The number of nitrogens with zero attached hydrogens (tertiary/aromatic N) is 3. The maximum atomic E-state index is 12.9. The third kappa shape index (κ3) is 4.78. The number of rotatable bonds is 6. The molecule has 2 aromatic carbocycles. The fourth-order valence-corrected chi connectivity index (χ4v) is 5.34. The molecule has 0 spiro atoms. The van der Waals surface area contributed by atoms with E-state index in [9.17, 15) is 18.0 Å². The standard InChI is InChI=1S/C21H21N5O4S2/c1-14-7-6-8-15(13-14)18(27)22-20-23-24-21(31-20)32(29,30)25-17-10-3-2-9-16(17)19(28)26-11-4-5-12-26/h2-3,6-10,13,25H,4-5,11-12H2,1H3,(H,22,23,27). The Hall–Kier alpha value is -3.31. The largest absolute Gasteiger partial charge is 0.339 e. The Kier molecular flexibility index (Phi) is 6.19. The molecule has 0 aliphatic carbocycles. The number of aryl methyl sites for hydroxylation is 1. The third-order valence-electron chi connectivity index (χ3n) is 4.93. The van der Waals surface area contributed by atoms with Crippen LogP contribution in [-0.4, -0.2) is 48.4 Å². The molecule has 2 amide bonds. The van der Waals surface area contributed by atoms with Gasteiger partial charge in [-0.05, 0) is 44.0 Å². The number of benzene rings is 2. The Labute approximate surface area is 189 Å². The Balaban J connectivity index is 1.51. The van der Waals surface area contributed by atoms with Gasteiger partial charge in [0, 0.05) is 18.7 Å². The van der Waals surface area contributed by atoms with Crippen molar-refractivity contribution in [1.29, 1.82) is 0 Å². The first kappa shape index (κ1) is 21.9. The van der Waals surface area contributed by atoms with Crippen LogP contribution in [0.2, 0.25) is 0 Å². The van der Waals surface area contributed by atoms with Gasteiger partial charge in [-0.25, -0.2) is 0 Å². The number of sulfonamides is 1. The van der Waals surface area contributed by atoms with Gasteiger partial charge < -0.3 is 4.90 Å². The summed E-state index contributed by atoms with van der Waals surface area (Å²) >= 11 is 0.726. The summed E-state index contributed by atoms with van der Waals surface area (Å²) in [6.07, 6.45) is 1.86. The predicted octanol–water partition coefficient (Wildman–Crippen LogP) is 3.14. The van der Waals surface area contributed by atoms with Crippen LogP contribution in [-0.2, 0) is 10.0 Å². The van der Waals surface area contributed by atoms with E-state index in [1.54, 1.807) is 41.3 Å². The SMILES string of the molecule is Cc1cccc(C(=O)Nc2nnc(S(=O)(=O)Nc3ccccc3C(=O)N3CCCC3)s2)c1. The van der Waals surface area contributed by atoms with Gasteiger partial charge in [0.05, 0.1) is 11.3 Å². The molecule has 1 fully saturated rings. The summed E-state index contributed by atoms with van der Waals surface area (Å²) in [5.74, 6) is -0.632. The lowest BCUT2D eigenvalue weighted by molar-refractivity contribution is 0.0793. The summed E-state index contributed by atoms with van der Waals surface area (Å²) in [5, 5.41) is 10.1. The summed E-state index contributed by atoms with van der Waals surface area (Å²) in [7, 11) is -4.11. The van der Waals surface area contributed by atoms with Crippen molar-refractivity contribution in [2.24, 2.45) is 0 Å². The molecular weight excluding hydrogens is 450 g/mol. The highest BCUT2D eigenvalue weighted by atomic mass is 32.2. The zero-order chi connectivity index (χ0) is 22.7. The number of para-hydroxylation sites is 1. The molecule has 0 saturated carbocycles. The maximum absolute atomic E-state index is 12.9. The summed E-state index contributed by atoms with van der Waals surface area (Å²) in [4.78, 5) is 26.9. The van der Waals surface area contributed by atoms with E-state index < -0.39 is 15.9 Å². The summed E-state index contributed by atoms with van der Waals surface area (Å²) in [6, 6.07) is 13.4. The summed E-state index contributed by atoms with van der Waals surface area (Å²) in [5.41, 5.74) is 1.79. The molecule has 0 bridgehead atoms. The first-order valence-corrected chi connectivity index (χ1v) is 12.3. The van der Waals surface area contributed by atoms with E-state index >= 15 is 0 Å². The van der Waals surface area contributed by atoms with Crippen LogP contribution in [0.25, 0.3) is 0 Å².